The summed E-state index contributed by atoms with van der Waals surface area (Å²) in [6, 6.07) is 2.00. The molecule has 0 saturated heterocycles. The molecule has 1 fully saturated rings. The molecule has 0 aromatic carbocycles. The standard InChI is InChI=1S/C17H29N3O/c1-4-6-13-7-9-14(10-8-13)17-19-15(12-21-3)11-16(20-17)18-5-2/h11,13-14H,4-10,12H2,1-3H3,(H,18,19,20). The molecule has 1 aromatic heterocycles. The molecule has 0 aliphatic heterocycles. The van der Waals surface area contributed by atoms with Crippen LogP contribution in [0.3, 0.4) is 0 Å². The molecular formula is C17H29N3O. The molecule has 2 rings (SSSR count). The van der Waals surface area contributed by atoms with Gasteiger partial charge >= 0.3 is 0 Å². The highest BCUT2D eigenvalue weighted by molar-refractivity contribution is 5.36. The lowest BCUT2D eigenvalue weighted by Gasteiger charge is -2.27. The lowest BCUT2D eigenvalue weighted by molar-refractivity contribution is 0.181. The molecule has 1 aliphatic rings. The van der Waals surface area contributed by atoms with Gasteiger partial charge in [-0.3, -0.25) is 0 Å². The molecule has 4 nitrogen and oxygen atoms in total. The fraction of sp³-hybridized carbons (Fsp3) is 0.765. The van der Waals surface area contributed by atoms with Crippen LogP contribution in [0.5, 0.6) is 0 Å². The lowest BCUT2D eigenvalue weighted by Crippen LogP contribution is -2.17. The van der Waals surface area contributed by atoms with Crippen molar-refractivity contribution in [3.63, 3.8) is 0 Å². The van der Waals surface area contributed by atoms with Crippen molar-refractivity contribution < 1.29 is 4.74 Å². The number of ether oxygens (including phenoxy) is 1. The van der Waals surface area contributed by atoms with Gasteiger partial charge in [0.1, 0.15) is 11.6 Å². The van der Waals surface area contributed by atoms with Crippen molar-refractivity contribution in [3.8, 4) is 0 Å². The minimum absolute atomic E-state index is 0.521. The van der Waals surface area contributed by atoms with Gasteiger partial charge in [-0.15, -0.1) is 0 Å². The van der Waals surface area contributed by atoms with Crippen LogP contribution in [0.4, 0.5) is 5.82 Å². The Morgan fingerprint density at radius 1 is 1.19 bits per heavy atom. The van der Waals surface area contributed by atoms with Gasteiger partial charge in [0.25, 0.3) is 0 Å². The quantitative estimate of drug-likeness (QED) is 0.820. The minimum atomic E-state index is 0.521. The lowest BCUT2D eigenvalue weighted by atomic mass is 9.80. The number of nitrogens with zero attached hydrogens (tertiary/aromatic N) is 2. The third kappa shape index (κ3) is 4.67. The van der Waals surface area contributed by atoms with Crippen molar-refractivity contribution in [2.45, 2.75) is 64.9 Å². The predicted molar refractivity (Wildman–Crippen MR) is 86.5 cm³/mol. The number of aromatic nitrogens is 2. The van der Waals surface area contributed by atoms with E-state index in [-0.39, 0.29) is 0 Å². The number of hydrogen-bond donors (Lipinski definition) is 1. The molecule has 118 valence electrons. The van der Waals surface area contributed by atoms with Gasteiger partial charge in [-0.2, -0.15) is 0 Å². The van der Waals surface area contributed by atoms with E-state index in [0.29, 0.717) is 12.5 Å². The van der Waals surface area contributed by atoms with Crippen LogP contribution < -0.4 is 5.32 Å². The summed E-state index contributed by atoms with van der Waals surface area (Å²) in [6.45, 7) is 5.81. The molecule has 4 heteroatoms. The van der Waals surface area contributed by atoms with Crippen LogP contribution in [-0.2, 0) is 11.3 Å². The summed E-state index contributed by atoms with van der Waals surface area (Å²) in [5, 5.41) is 3.31. The van der Waals surface area contributed by atoms with Gasteiger partial charge in [0, 0.05) is 25.6 Å². The molecule has 0 radical (unpaired) electrons. The summed E-state index contributed by atoms with van der Waals surface area (Å²) >= 11 is 0. The molecular weight excluding hydrogens is 262 g/mol. The molecule has 1 heterocycles. The maximum atomic E-state index is 5.23. The van der Waals surface area contributed by atoms with Crippen LogP contribution >= 0.6 is 0 Å². The second-order valence-electron chi connectivity index (χ2n) is 6.07. The van der Waals surface area contributed by atoms with Crippen LogP contribution in [0.2, 0.25) is 0 Å². The summed E-state index contributed by atoms with van der Waals surface area (Å²) in [5.41, 5.74) is 0.981. The van der Waals surface area contributed by atoms with E-state index >= 15 is 0 Å². The summed E-state index contributed by atoms with van der Waals surface area (Å²) in [6.07, 6.45) is 7.79. The van der Waals surface area contributed by atoms with E-state index in [1.54, 1.807) is 7.11 Å². The Balaban J connectivity index is 2.07. The SMILES string of the molecule is CCCC1CCC(c2nc(COC)cc(NCC)n2)CC1. The zero-order chi connectivity index (χ0) is 15.1. The van der Waals surface area contributed by atoms with Gasteiger partial charge in [-0.1, -0.05) is 19.8 Å². The Labute approximate surface area is 128 Å². The van der Waals surface area contributed by atoms with Gasteiger partial charge < -0.3 is 10.1 Å². The zero-order valence-electron chi connectivity index (χ0n) is 13.7. The van der Waals surface area contributed by atoms with E-state index in [4.69, 9.17) is 14.7 Å². The Kier molecular flexibility index (Phi) is 6.43. The third-order valence-electron chi connectivity index (χ3n) is 4.36. The predicted octanol–water partition coefficient (Wildman–Crippen LogP) is 4.13. The first-order valence-electron chi connectivity index (χ1n) is 8.37. The van der Waals surface area contributed by atoms with Crippen molar-refractivity contribution in [3.05, 3.63) is 17.6 Å². The van der Waals surface area contributed by atoms with E-state index in [0.717, 1.165) is 29.8 Å². The maximum absolute atomic E-state index is 5.23. The number of rotatable bonds is 7. The van der Waals surface area contributed by atoms with E-state index in [1.165, 1.54) is 38.5 Å². The van der Waals surface area contributed by atoms with E-state index in [1.807, 2.05) is 6.07 Å². The molecule has 1 saturated carbocycles. The van der Waals surface area contributed by atoms with Crippen LogP contribution in [-0.4, -0.2) is 23.6 Å². The van der Waals surface area contributed by atoms with Gasteiger partial charge in [0.2, 0.25) is 0 Å². The number of nitrogens with one attached hydrogen (secondary N) is 1. The second-order valence-corrected chi connectivity index (χ2v) is 6.07. The molecule has 1 N–H and O–H groups in total. The Bertz CT molecular complexity index is 404. The highest BCUT2D eigenvalue weighted by atomic mass is 16.5. The molecule has 1 aromatic rings. The first-order valence-corrected chi connectivity index (χ1v) is 8.37. The van der Waals surface area contributed by atoms with Crippen molar-refractivity contribution in [1.29, 1.82) is 0 Å². The molecule has 21 heavy (non-hydrogen) atoms. The van der Waals surface area contributed by atoms with Gasteiger partial charge in [0.05, 0.1) is 12.3 Å². The van der Waals surface area contributed by atoms with Crippen molar-refractivity contribution in [2.24, 2.45) is 5.92 Å². The average Bonchev–Trinajstić information content (AvgIpc) is 2.49. The monoisotopic (exact) mass is 291 g/mol. The van der Waals surface area contributed by atoms with Gasteiger partial charge in [-0.25, -0.2) is 9.97 Å². The summed E-state index contributed by atoms with van der Waals surface area (Å²) in [5.74, 6) is 3.38. The van der Waals surface area contributed by atoms with Crippen LogP contribution in [0.15, 0.2) is 6.07 Å². The summed E-state index contributed by atoms with van der Waals surface area (Å²) in [4.78, 5) is 9.45. The second kappa shape index (κ2) is 8.32. The summed E-state index contributed by atoms with van der Waals surface area (Å²) < 4.78 is 5.23. The normalized spacial score (nSPS) is 22.2. The minimum Gasteiger partial charge on any atom is -0.378 e. The fourth-order valence-electron chi connectivity index (χ4n) is 3.31. The number of hydrogen-bond acceptors (Lipinski definition) is 4. The summed E-state index contributed by atoms with van der Waals surface area (Å²) in [7, 11) is 1.71. The van der Waals surface area contributed by atoms with Crippen molar-refractivity contribution in [1.82, 2.24) is 9.97 Å². The highest BCUT2D eigenvalue weighted by Gasteiger charge is 2.24. The zero-order valence-corrected chi connectivity index (χ0v) is 13.7. The Morgan fingerprint density at radius 3 is 2.57 bits per heavy atom. The molecule has 1 aliphatic carbocycles. The molecule has 0 spiro atoms. The van der Waals surface area contributed by atoms with E-state index in [2.05, 4.69) is 19.2 Å². The van der Waals surface area contributed by atoms with Gasteiger partial charge in [-0.05, 0) is 38.5 Å². The van der Waals surface area contributed by atoms with E-state index < -0.39 is 0 Å². The van der Waals surface area contributed by atoms with Crippen molar-refractivity contribution >= 4 is 5.82 Å². The Morgan fingerprint density at radius 2 is 1.95 bits per heavy atom. The first kappa shape index (κ1) is 16.2. The van der Waals surface area contributed by atoms with Crippen LogP contribution in [0.1, 0.15) is 69.8 Å². The molecule has 0 amide bonds. The fourth-order valence-corrected chi connectivity index (χ4v) is 3.31. The first-order chi connectivity index (χ1) is 10.3. The number of methoxy groups -OCH3 is 1. The highest BCUT2D eigenvalue weighted by Crippen LogP contribution is 2.36. The maximum Gasteiger partial charge on any atom is 0.134 e. The van der Waals surface area contributed by atoms with Gasteiger partial charge in [0.15, 0.2) is 0 Å². The topological polar surface area (TPSA) is 47.0 Å². The smallest absolute Gasteiger partial charge is 0.134 e. The number of anilines is 1. The van der Waals surface area contributed by atoms with E-state index in [9.17, 15) is 0 Å². The molecule has 0 atom stereocenters. The Hall–Kier alpha value is -1.16. The largest absolute Gasteiger partial charge is 0.378 e. The van der Waals surface area contributed by atoms with Crippen molar-refractivity contribution in [2.75, 3.05) is 19.0 Å². The average molecular weight is 291 g/mol. The molecule has 0 unspecified atom stereocenters. The molecule has 0 bridgehead atoms. The van der Waals surface area contributed by atoms with Crippen LogP contribution in [0.25, 0.3) is 0 Å². The third-order valence-corrected chi connectivity index (χ3v) is 4.36. The van der Waals surface area contributed by atoms with Crippen LogP contribution in [0, 0.1) is 5.92 Å².